The summed E-state index contributed by atoms with van der Waals surface area (Å²) in [6.07, 6.45) is 1.78. The van der Waals surface area contributed by atoms with E-state index in [4.69, 9.17) is 15.0 Å². The molecule has 4 heteroatoms. The van der Waals surface area contributed by atoms with E-state index in [9.17, 15) is 0 Å². The maximum Gasteiger partial charge on any atom is 0.179 e. The lowest BCUT2D eigenvalue weighted by atomic mass is 9.96. The van der Waals surface area contributed by atoms with Gasteiger partial charge in [0.05, 0.1) is 22.6 Å². The molecule has 0 saturated heterocycles. The van der Waals surface area contributed by atoms with Crippen LogP contribution in [0.4, 0.5) is 0 Å². The summed E-state index contributed by atoms with van der Waals surface area (Å²) in [6, 6.07) is 56.9. The third-order valence-electron chi connectivity index (χ3n) is 8.90. The summed E-state index contributed by atoms with van der Waals surface area (Å²) in [4.78, 5) is 20.0. The lowest BCUT2D eigenvalue weighted by Gasteiger charge is -2.13. The number of pyridine rings is 2. The van der Waals surface area contributed by atoms with Gasteiger partial charge in [-0.1, -0.05) is 121 Å². The topological polar surface area (TPSA) is 51.6 Å². The number of aromatic nitrogens is 4. The molecular weight excluding hydrogens is 585 g/mol. The standard InChI is InChI=1S/C44H28N4/c1-3-12-31(13-4-1)40-27-36(34-20-18-29-11-7-8-16-33(29)25-34)28-41(46-40)35-21-19-30-22-23-37-42(32-14-5-2-6-15-32)47-44(39-17-9-10-24-45-39)48-43(37)38(30)26-35/h1-28H. The third-order valence-corrected chi connectivity index (χ3v) is 8.90. The van der Waals surface area contributed by atoms with Crippen LogP contribution in [0.3, 0.4) is 0 Å². The minimum atomic E-state index is 0.600. The van der Waals surface area contributed by atoms with Crippen LogP contribution in [0.2, 0.25) is 0 Å². The molecule has 224 valence electrons. The van der Waals surface area contributed by atoms with Crippen molar-refractivity contribution in [2.45, 2.75) is 0 Å². The summed E-state index contributed by atoms with van der Waals surface area (Å²) in [5, 5.41) is 5.57. The highest BCUT2D eigenvalue weighted by Crippen LogP contribution is 2.36. The van der Waals surface area contributed by atoms with E-state index in [1.54, 1.807) is 6.20 Å². The quantitative estimate of drug-likeness (QED) is 0.181. The number of benzene rings is 6. The van der Waals surface area contributed by atoms with E-state index in [2.05, 4.69) is 126 Å². The predicted molar refractivity (Wildman–Crippen MR) is 197 cm³/mol. The molecule has 0 aliphatic rings. The smallest absolute Gasteiger partial charge is 0.179 e. The van der Waals surface area contributed by atoms with Crippen LogP contribution in [0.15, 0.2) is 170 Å². The predicted octanol–water partition coefficient (Wildman–Crippen LogP) is 11.1. The number of nitrogens with zero attached hydrogens (tertiary/aromatic N) is 4. The average Bonchev–Trinajstić information content (AvgIpc) is 3.18. The average molecular weight is 613 g/mol. The molecule has 6 aromatic carbocycles. The molecule has 0 amide bonds. The second-order valence-electron chi connectivity index (χ2n) is 11.9. The second kappa shape index (κ2) is 11.7. The van der Waals surface area contributed by atoms with E-state index >= 15 is 0 Å². The Morgan fingerprint density at radius 3 is 1.79 bits per heavy atom. The number of fused-ring (bicyclic) bond motifs is 4. The molecule has 0 spiro atoms. The molecule has 0 radical (unpaired) electrons. The van der Waals surface area contributed by atoms with Crippen LogP contribution >= 0.6 is 0 Å². The summed E-state index contributed by atoms with van der Waals surface area (Å²) >= 11 is 0. The van der Waals surface area contributed by atoms with Crippen LogP contribution in [-0.4, -0.2) is 19.9 Å². The first-order valence-electron chi connectivity index (χ1n) is 16.1. The Kier molecular flexibility index (Phi) is 6.76. The zero-order valence-electron chi connectivity index (χ0n) is 26.0. The molecule has 3 heterocycles. The summed E-state index contributed by atoms with van der Waals surface area (Å²) in [5.41, 5.74) is 9.75. The molecule has 0 bridgehead atoms. The van der Waals surface area contributed by atoms with Crippen molar-refractivity contribution < 1.29 is 0 Å². The van der Waals surface area contributed by atoms with Gasteiger partial charge in [-0.15, -0.1) is 0 Å². The van der Waals surface area contributed by atoms with Crippen LogP contribution in [0.1, 0.15) is 0 Å². The van der Waals surface area contributed by atoms with E-state index in [0.29, 0.717) is 5.82 Å². The van der Waals surface area contributed by atoms with Crippen molar-refractivity contribution in [2.24, 2.45) is 0 Å². The highest BCUT2D eigenvalue weighted by atomic mass is 14.9. The Labute approximate surface area is 278 Å². The van der Waals surface area contributed by atoms with Gasteiger partial charge in [-0.25, -0.2) is 15.0 Å². The molecule has 0 unspecified atom stereocenters. The Morgan fingerprint density at radius 2 is 1.00 bits per heavy atom. The van der Waals surface area contributed by atoms with E-state index in [0.717, 1.165) is 72.3 Å². The van der Waals surface area contributed by atoms with Gasteiger partial charge in [0.1, 0.15) is 5.69 Å². The van der Waals surface area contributed by atoms with Gasteiger partial charge in [-0.3, -0.25) is 4.98 Å². The van der Waals surface area contributed by atoms with Crippen molar-refractivity contribution in [3.8, 4) is 56.4 Å². The fraction of sp³-hybridized carbons (Fsp3) is 0. The highest BCUT2D eigenvalue weighted by Gasteiger charge is 2.16. The van der Waals surface area contributed by atoms with Crippen molar-refractivity contribution in [1.82, 2.24) is 19.9 Å². The van der Waals surface area contributed by atoms with Crippen molar-refractivity contribution in [3.63, 3.8) is 0 Å². The molecule has 4 nitrogen and oxygen atoms in total. The number of hydrogen-bond donors (Lipinski definition) is 0. The van der Waals surface area contributed by atoms with Gasteiger partial charge in [-0.2, -0.15) is 0 Å². The van der Waals surface area contributed by atoms with Crippen molar-refractivity contribution in [2.75, 3.05) is 0 Å². The minimum absolute atomic E-state index is 0.600. The van der Waals surface area contributed by atoms with Crippen LogP contribution in [-0.2, 0) is 0 Å². The zero-order chi connectivity index (χ0) is 31.9. The van der Waals surface area contributed by atoms with Gasteiger partial charge in [0.15, 0.2) is 5.82 Å². The monoisotopic (exact) mass is 612 g/mol. The lowest BCUT2D eigenvalue weighted by Crippen LogP contribution is -1.97. The molecule has 0 N–H and O–H groups in total. The molecule has 48 heavy (non-hydrogen) atoms. The summed E-state index contributed by atoms with van der Waals surface area (Å²) in [5.74, 6) is 0.600. The zero-order valence-corrected chi connectivity index (χ0v) is 26.0. The SMILES string of the molecule is c1ccc(-c2cc(-c3ccc4ccccc4c3)cc(-c3ccc4ccc5c(-c6ccccc6)nc(-c6ccccn6)nc5c4c3)n2)cc1. The molecule has 0 saturated carbocycles. The van der Waals surface area contributed by atoms with Gasteiger partial charge in [0.25, 0.3) is 0 Å². The van der Waals surface area contributed by atoms with E-state index in [-0.39, 0.29) is 0 Å². The van der Waals surface area contributed by atoms with Gasteiger partial charge in [-0.05, 0) is 69.8 Å². The maximum atomic E-state index is 5.24. The van der Waals surface area contributed by atoms with Gasteiger partial charge in [0.2, 0.25) is 0 Å². The number of rotatable bonds is 5. The molecule has 0 fully saturated rings. The maximum absolute atomic E-state index is 5.24. The van der Waals surface area contributed by atoms with Gasteiger partial charge in [0, 0.05) is 33.7 Å². The van der Waals surface area contributed by atoms with E-state index < -0.39 is 0 Å². The van der Waals surface area contributed by atoms with Crippen molar-refractivity contribution in [3.05, 3.63) is 170 Å². The molecular formula is C44H28N4. The Balaban J connectivity index is 1.28. The normalized spacial score (nSPS) is 11.3. The summed E-state index contributed by atoms with van der Waals surface area (Å²) < 4.78 is 0. The number of hydrogen-bond acceptors (Lipinski definition) is 4. The van der Waals surface area contributed by atoms with Crippen molar-refractivity contribution >= 4 is 32.4 Å². The first-order chi connectivity index (χ1) is 23.8. The van der Waals surface area contributed by atoms with E-state index in [1.807, 2.05) is 42.5 Å². The fourth-order valence-corrected chi connectivity index (χ4v) is 6.47. The molecule has 0 atom stereocenters. The van der Waals surface area contributed by atoms with Gasteiger partial charge < -0.3 is 0 Å². The van der Waals surface area contributed by atoms with E-state index in [1.165, 1.54) is 10.8 Å². The van der Waals surface area contributed by atoms with Crippen LogP contribution in [0, 0.1) is 0 Å². The Bertz CT molecular complexity index is 2600. The largest absolute Gasteiger partial charge is 0.253 e. The Hall–Kier alpha value is -6.52. The Morgan fingerprint density at radius 1 is 0.333 bits per heavy atom. The van der Waals surface area contributed by atoms with Crippen LogP contribution in [0.25, 0.3) is 88.9 Å². The fourth-order valence-electron chi connectivity index (χ4n) is 6.47. The van der Waals surface area contributed by atoms with Crippen LogP contribution < -0.4 is 0 Å². The lowest BCUT2D eigenvalue weighted by molar-refractivity contribution is 1.18. The molecule has 9 rings (SSSR count). The van der Waals surface area contributed by atoms with Gasteiger partial charge >= 0.3 is 0 Å². The first kappa shape index (κ1) is 27.8. The van der Waals surface area contributed by atoms with Crippen molar-refractivity contribution in [1.29, 1.82) is 0 Å². The minimum Gasteiger partial charge on any atom is -0.253 e. The molecule has 0 aliphatic heterocycles. The summed E-state index contributed by atoms with van der Waals surface area (Å²) in [6.45, 7) is 0. The summed E-state index contributed by atoms with van der Waals surface area (Å²) in [7, 11) is 0. The molecule has 0 aliphatic carbocycles. The second-order valence-corrected chi connectivity index (χ2v) is 11.9. The highest BCUT2D eigenvalue weighted by molar-refractivity contribution is 6.10. The third kappa shape index (κ3) is 5.06. The van der Waals surface area contributed by atoms with Crippen LogP contribution in [0.5, 0.6) is 0 Å². The first-order valence-corrected chi connectivity index (χ1v) is 16.1. The molecule has 3 aromatic heterocycles. The molecule has 9 aromatic rings.